The molecular weight excluding hydrogens is 310 g/mol. The van der Waals surface area contributed by atoms with E-state index in [1.165, 1.54) is 0 Å². The molecule has 0 aliphatic heterocycles. The van der Waals surface area contributed by atoms with Crippen molar-refractivity contribution in [2.24, 2.45) is 0 Å². The molecule has 0 aromatic heterocycles. The number of thiol groups is 1. The van der Waals surface area contributed by atoms with Crippen molar-refractivity contribution in [2.45, 2.75) is 1.93 Å². The summed E-state index contributed by atoms with van der Waals surface area (Å²) in [6, 6.07) is 0. The monoisotopic (exact) mass is 314 g/mol. The molecule has 0 heterocycles. The van der Waals surface area contributed by atoms with Gasteiger partial charge in [0.05, 0.1) is 1.93 Å². The predicted molar refractivity (Wildman–Crippen MR) is 45.7 cm³/mol. The molecule has 0 aliphatic carbocycles. The quantitative estimate of drug-likeness (QED) is 0.428. The van der Waals surface area contributed by atoms with E-state index in [1.807, 2.05) is 0 Å². The summed E-state index contributed by atoms with van der Waals surface area (Å²) in [6.07, 6.45) is 0. The summed E-state index contributed by atoms with van der Waals surface area (Å²) >= 11 is 8.63. The molecule has 0 fully saturated rings. The number of halogens is 2. The highest BCUT2D eigenvalue weighted by Gasteiger charge is 1.85. The standard InChI is InChI=1S/C2H4I2S/c3-2(4)1-5/h2,5H,1H2. The van der Waals surface area contributed by atoms with Crippen molar-refractivity contribution in [3.63, 3.8) is 0 Å². The molecule has 0 aromatic carbocycles. The lowest BCUT2D eigenvalue weighted by molar-refractivity contribution is 1.58. The van der Waals surface area contributed by atoms with Crippen molar-refractivity contribution in [3.8, 4) is 0 Å². The maximum Gasteiger partial charge on any atom is 0.0714 e. The first-order valence-electron chi connectivity index (χ1n) is 1.16. The highest BCUT2D eigenvalue weighted by atomic mass is 127. The van der Waals surface area contributed by atoms with E-state index in [0.717, 1.165) is 5.75 Å². The van der Waals surface area contributed by atoms with Crippen LogP contribution in [0.1, 0.15) is 0 Å². The van der Waals surface area contributed by atoms with Gasteiger partial charge in [0.25, 0.3) is 0 Å². The minimum atomic E-state index is 0.688. The molecule has 0 nitrogen and oxygen atoms in total. The van der Waals surface area contributed by atoms with Gasteiger partial charge in [0.15, 0.2) is 0 Å². The second-order valence-electron chi connectivity index (χ2n) is 0.574. The first kappa shape index (κ1) is 6.81. The van der Waals surface area contributed by atoms with Crippen LogP contribution in [-0.4, -0.2) is 7.68 Å². The summed E-state index contributed by atoms with van der Waals surface area (Å²) in [5, 5.41) is 0. The van der Waals surface area contributed by atoms with Gasteiger partial charge in [-0.2, -0.15) is 12.6 Å². The van der Waals surface area contributed by atoms with Gasteiger partial charge in [-0.3, -0.25) is 0 Å². The van der Waals surface area contributed by atoms with Crippen LogP contribution in [-0.2, 0) is 0 Å². The van der Waals surface area contributed by atoms with E-state index in [-0.39, 0.29) is 0 Å². The van der Waals surface area contributed by atoms with Gasteiger partial charge in [-0.1, -0.05) is 45.2 Å². The van der Waals surface area contributed by atoms with Crippen LogP contribution in [0.5, 0.6) is 0 Å². The lowest BCUT2D eigenvalue weighted by Gasteiger charge is -1.85. The molecule has 0 unspecified atom stereocenters. The van der Waals surface area contributed by atoms with Crippen molar-refractivity contribution < 1.29 is 0 Å². The highest BCUT2D eigenvalue weighted by Crippen LogP contribution is 2.09. The largest absolute Gasteiger partial charge is 0.177 e. The van der Waals surface area contributed by atoms with Gasteiger partial charge in [-0.15, -0.1) is 0 Å². The van der Waals surface area contributed by atoms with Crippen molar-refractivity contribution in [1.29, 1.82) is 0 Å². The molecule has 0 radical (unpaired) electrons. The van der Waals surface area contributed by atoms with Crippen molar-refractivity contribution >= 4 is 57.8 Å². The molecule has 3 heteroatoms. The lowest BCUT2D eigenvalue weighted by atomic mass is 11.0. The molecule has 0 rings (SSSR count). The third-order valence-corrected chi connectivity index (χ3v) is 2.78. The zero-order valence-electron chi connectivity index (χ0n) is 2.49. The zero-order valence-corrected chi connectivity index (χ0v) is 7.70. The minimum Gasteiger partial charge on any atom is -0.177 e. The van der Waals surface area contributed by atoms with Crippen molar-refractivity contribution in [1.82, 2.24) is 0 Å². The summed E-state index contributed by atoms with van der Waals surface area (Å²) in [5.74, 6) is 0.973. The van der Waals surface area contributed by atoms with E-state index in [4.69, 9.17) is 0 Å². The van der Waals surface area contributed by atoms with Crippen LogP contribution in [0.3, 0.4) is 0 Å². The highest BCUT2D eigenvalue weighted by molar-refractivity contribution is 14.2. The zero-order chi connectivity index (χ0) is 4.28. The van der Waals surface area contributed by atoms with E-state index in [0.29, 0.717) is 1.93 Å². The Kier molecular flexibility index (Phi) is 5.42. The third kappa shape index (κ3) is 5.81. The van der Waals surface area contributed by atoms with Gasteiger partial charge >= 0.3 is 0 Å². The Balaban J connectivity index is 2.54. The van der Waals surface area contributed by atoms with Crippen LogP contribution in [0, 0.1) is 0 Å². The number of rotatable bonds is 1. The molecule has 0 bridgehead atoms. The van der Waals surface area contributed by atoms with Gasteiger partial charge in [0.1, 0.15) is 0 Å². The Morgan fingerprint density at radius 2 is 1.80 bits per heavy atom. The molecule has 0 N–H and O–H groups in total. The topological polar surface area (TPSA) is 0 Å². The Bertz CT molecular complexity index is 21.6. The predicted octanol–water partition coefficient (Wildman–Crippen LogP) is 2.11. The maximum absolute atomic E-state index is 4.00. The molecule has 0 atom stereocenters. The molecule has 0 amide bonds. The summed E-state index contributed by atoms with van der Waals surface area (Å²) in [4.78, 5) is 0. The smallest absolute Gasteiger partial charge is 0.0714 e. The second-order valence-corrected chi connectivity index (χ2v) is 6.33. The van der Waals surface area contributed by atoms with E-state index in [2.05, 4.69) is 57.8 Å². The lowest BCUT2D eigenvalue weighted by Crippen LogP contribution is -1.80. The Labute approximate surface area is 64.8 Å². The van der Waals surface area contributed by atoms with Crippen LogP contribution >= 0.6 is 57.8 Å². The molecule has 0 saturated heterocycles. The maximum atomic E-state index is 4.00. The van der Waals surface area contributed by atoms with E-state index >= 15 is 0 Å². The van der Waals surface area contributed by atoms with Gasteiger partial charge in [0, 0.05) is 5.75 Å². The molecule has 0 aliphatic rings. The third-order valence-electron chi connectivity index (χ3n) is 0.138. The summed E-state index contributed by atoms with van der Waals surface area (Å²) < 4.78 is 0.688. The fourth-order valence-electron chi connectivity index (χ4n) is 0. The summed E-state index contributed by atoms with van der Waals surface area (Å²) in [5.41, 5.74) is 0. The first-order valence-corrected chi connectivity index (χ1v) is 4.28. The van der Waals surface area contributed by atoms with Gasteiger partial charge in [-0.25, -0.2) is 0 Å². The average molecular weight is 314 g/mol. The van der Waals surface area contributed by atoms with Gasteiger partial charge < -0.3 is 0 Å². The van der Waals surface area contributed by atoms with Crippen molar-refractivity contribution in [2.75, 3.05) is 5.75 Å². The van der Waals surface area contributed by atoms with Gasteiger partial charge in [-0.05, 0) is 0 Å². The number of alkyl halides is 2. The van der Waals surface area contributed by atoms with Crippen LogP contribution in [0.25, 0.3) is 0 Å². The Morgan fingerprint density at radius 3 is 1.80 bits per heavy atom. The van der Waals surface area contributed by atoms with Crippen LogP contribution in [0.4, 0.5) is 0 Å². The van der Waals surface area contributed by atoms with Crippen molar-refractivity contribution in [3.05, 3.63) is 0 Å². The van der Waals surface area contributed by atoms with Gasteiger partial charge in [0.2, 0.25) is 0 Å². The van der Waals surface area contributed by atoms with Crippen LogP contribution in [0.2, 0.25) is 0 Å². The SMILES string of the molecule is SCC(I)I. The number of hydrogen-bond donors (Lipinski definition) is 1. The Hall–Kier alpha value is 1.81. The molecule has 0 spiro atoms. The molecular formula is C2H4I2S. The van der Waals surface area contributed by atoms with E-state index in [9.17, 15) is 0 Å². The fourth-order valence-corrected chi connectivity index (χ4v) is 0. The molecule has 0 saturated carbocycles. The summed E-state index contributed by atoms with van der Waals surface area (Å²) in [6.45, 7) is 0. The van der Waals surface area contributed by atoms with E-state index < -0.39 is 0 Å². The second kappa shape index (κ2) is 3.98. The van der Waals surface area contributed by atoms with Crippen LogP contribution in [0.15, 0.2) is 0 Å². The molecule has 32 valence electrons. The molecule has 5 heavy (non-hydrogen) atoms. The number of hydrogen-bond acceptors (Lipinski definition) is 1. The Morgan fingerprint density at radius 1 is 1.60 bits per heavy atom. The molecule has 0 aromatic rings. The van der Waals surface area contributed by atoms with Crippen LogP contribution < -0.4 is 0 Å². The average Bonchev–Trinajstić information content (AvgIpc) is 1.38. The van der Waals surface area contributed by atoms with E-state index in [1.54, 1.807) is 0 Å². The first-order chi connectivity index (χ1) is 2.27. The normalized spacial score (nSPS) is 9.60. The minimum absolute atomic E-state index is 0.688. The fraction of sp³-hybridized carbons (Fsp3) is 1.00. The summed E-state index contributed by atoms with van der Waals surface area (Å²) in [7, 11) is 0.